The van der Waals surface area contributed by atoms with Gasteiger partial charge in [0.15, 0.2) is 0 Å². The number of nitriles is 1. The van der Waals surface area contributed by atoms with Gasteiger partial charge in [0, 0.05) is 5.02 Å². The third-order valence-corrected chi connectivity index (χ3v) is 2.61. The average Bonchev–Trinajstić information content (AvgIpc) is 2.29. The molecule has 2 aromatic rings. The van der Waals surface area contributed by atoms with Gasteiger partial charge in [-0.25, -0.2) is 0 Å². The molecule has 84 valence electrons. The SMILES string of the molecule is Cc1cccc(Oc2cccc(Cl)c2)c1C#N. The van der Waals surface area contributed by atoms with Crippen LogP contribution in [0.15, 0.2) is 42.5 Å². The molecule has 0 spiro atoms. The van der Waals surface area contributed by atoms with Crippen LogP contribution < -0.4 is 4.74 Å². The number of hydrogen-bond acceptors (Lipinski definition) is 2. The van der Waals surface area contributed by atoms with Crippen molar-refractivity contribution in [1.82, 2.24) is 0 Å². The molecule has 0 saturated heterocycles. The van der Waals surface area contributed by atoms with E-state index in [2.05, 4.69) is 6.07 Å². The summed E-state index contributed by atoms with van der Waals surface area (Å²) in [5, 5.41) is 9.68. The molecule has 17 heavy (non-hydrogen) atoms. The predicted octanol–water partition coefficient (Wildman–Crippen LogP) is 4.31. The second kappa shape index (κ2) is 4.90. The van der Waals surface area contributed by atoms with E-state index in [0.29, 0.717) is 22.1 Å². The monoisotopic (exact) mass is 243 g/mol. The molecule has 3 heteroatoms. The lowest BCUT2D eigenvalue weighted by Gasteiger charge is -2.08. The first-order valence-electron chi connectivity index (χ1n) is 5.14. The molecule has 0 aliphatic carbocycles. The molecule has 0 bridgehead atoms. The summed E-state index contributed by atoms with van der Waals surface area (Å²) in [5.74, 6) is 1.18. The highest BCUT2D eigenvalue weighted by Crippen LogP contribution is 2.28. The van der Waals surface area contributed by atoms with Gasteiger partial charge in [-0.15, -0.1) is 0 Å². The molecule has 0 heterocycles. The molecule has 0 N–H and O–H groups in total. The Morgan fingerprint density at radius 1 is 1.18 bits per heavy atom. The van der Waals surface area contributed by atoms with Gasteiger partial charge in [0.05, 0.1) is 5.56 Å². The molecule has 0 amide bonds. The van der Waals surface area contributed by atoms with Crippen molar-refractivity contribution >= 4 is 11.6 Å². The van der Waals surface area contributed by atoms with Crippen LogP contribution >= 0.6 is 11.6 Å². The maximum absolute atomic E-state index is 9.08. The number of aryl methyl sites for hydroxylation is 1. The van der Waals surface area contributed by atoms with Gasteiger partial charge in [0.1, 0.15) is 17.6 Å². The summed E-state index contributed by atoms with van der Waals surface area (Å²) in [6.45, 7) is 1.88. The van der Waals surface area contributed by atoms with Crippen molar-refractivity contribution in [3.8, 4) is 17.6 Å². The van der Waals surface area contributed by atoms with E-state index in [4.69, 9.17) is 21.6 Å². The molecular weight excluding hydrogens is 234 g/mol. The summed E-state index contributed by atoms with van der Waals surface area (Å²) in [7, 11) is 0. The van der Waals surface area contributed by atoms with Gasteiger partial charge < -0.3 is 4.74 Å². The molecule has 0 radical (unpaired) electrons. The number of hydrogen-bond donors (Lipinski definition) is 0. The van der Waals surface area contributed by atoms with Gasteiger partial charge in [-0.3, -0.25) is 0 Å². The fraction of sp³-hybridized carbons (Fsp3) is 0.0714. The van der Waals surface area contributed by atoms with Crippen LogP contribution in [0.25, 0.3) is 0 Å². The lowest BCUT2D eigenvalue weighted by atomic mass is 10.1. The highest BCUT2D eigenvalue weighted by molar-refractivity contribution is 6.30. The normalized spacial score (nSPS) is 9.71. The number of rotatable bonds is 2. The summed E-state index contributed by atoms with van der Waals surface area (Å²) in [6, 6.07) is 14.7. The van der Waals surface area contributed by atoms with E-state index in [1.54, 1.807) is 30.3 Å². The van der Waals surface area contributed by atoms with Gasteiger partial charge in [-0.1, -0.05) is 29.8 Å². The first-order chi connectivity index (χ1) is 8.20. The van der Waals surface area contributed by atoms with E-state index in [-0.39, 0.29) is 0 Å². The lowest BCUT2D eigenvalue weighted by molar-refractivity contribution is 0.480. The quantitative estimate of drug-likeness (QED) is 0.787. The molecule has 0 aromatic heterocycles. The molecular formula is C14H10ClNO. The molecule has 0 fully saturated rings. The van der Waals surface area contributed by atoms with Crippen LogP contribution in [-0.2, 0) is 0 Å². The van der Waals surface area contributed by atoms with Crippen molar-refractivity contribution in [2.75, 3.05) is 0 Å². The van der Waals surface area contributed by atoms with E-state index in [1.165, 1.54) is 0 Å². The second-order valence-electron chi connectivity index (χ2n) is 3.62. The van der Waals surface area contributed by atoms with E-state index < -0.39 is 0 Å². The Morgan fingerprint density at radius 3 is 2.65 bits per heavy atom. The number of ether oxygens (including phenoxy) is 1. The third kappa shape index (κ3) is 2.58. The minimum atomic E-state index is 0.549. The Balaban J connectivity index is 2.37. The molecule has 2 aromatic carbocycles. The van der Waals surface area contributed by atoms with Gasteiger partial charge in [-0.2, -0.15) is 5.26 Å². The Morgan fingerprint density at radius 2 is 1.94 bits per heavy atom. The largest absolute Gasteiger partial charge is 0.456 e. The van der Waals surface area contributed by atoms with E-state index in [0.717, 1.165) is 5.56 Å². The Bertz CT molecular complexity index is 587. The molecule has 0 atom stereocenters. The number of nitrogens with zero attached hydrogens (tertiary/aromatic N) is 1. The van der Waals surface area contributed by atoms with Crippen molar-refractivity contribution in [2.45, 2.75) is 6.92 Å². The highest BCUT2D eigenvalue weighted by Gasteiger charge is 2.07. The van der Waals surface area contributed by atoms with E-state index >= 15 is 0 Å². The molecule has 0 unspecified atom stereocenters. The second-order valence-corrected chi connectivity index (χ2v) is 4.06. The smallest absolute Gasteiger partial charge is 0.145 e. The van der Waals surface area contributed by atoms with E-state index in [1.807, 2.05) is 19.1 Å². The predicted molar refractivity (Wildman–Crippen MR) is 67.4 cm³/mol. The topological polar surface area (TPSA) is 33.0 Å². The molecule has 2 rings (SSSR count). The third-order valence-electron chi connectivity index (χ3n) is 2.37. The summed E-state index contributed by atoms with van der Waals surface area (Å²) in [6.07, 6.45) is 0. The van der Waals surface area contributed by atoms with Crippen LogP contribution in [0.5, 0.6) is 11.5 Å². The van der Waals surface area contributed by atoms with Crippen LogP contribution in [0.1, 0.15) is 11.1 Å². The van der Waals surface area contributed by atoms with Crippen LogP contribution in [0.3, 0.4) is 0 Å². The minimum absolute atomic E-state index is 0.549. The zero-order chi connectivity index (χ0) is 12.3. The van der Waals surface area contributed by atoms with Crippen molar-refractivity contribution in [2.24, 2.45) is 0 Å². The minimum Gasteiger partial charge on any atom is -0.456 e. The first kappa shape index (κ1) is 11.5. The molecule has 0 saturated carbocycles. The van der Waals surface area contributed by atoms with Crippen molar-refractivity contribution in [3.63, 3.8) is 0 Å². The molecule has 0 aliphatic heterocycles. The summed E-state index contributed by atoms with van der Waals surface area (Å²) >= 11 is 5.87. The fourth-order valence-electron chi connectivity index (χ4n) is 1.53. The van der Waals surface area contributed by atoms with Crippen LogP contribution in [0, 0.1) is 18.3 Å². The van der Waals surface area contributed by atoms with Crippen molar-refractivity contribution in [1.29, 1.82) is 5.26 Å². The Kier molecular flexibility index (Phi) is 3.32. The van der Waals surface area contributed by atoms with Crippen LogP contribution in [0.2, 0.25) is 5.02 Å². The van der Waals surface area contributed by atoms with E-state index in [9.17, 15) is 0 Å². The number of halogens is 1. The summed E-state index contributed by atoms with van der Waals surface area (Å²) in [5.41, 5.74) is 1.44. The Labute approximate surface area is 105 Å². The van der Waals surface area contributed by atoms with Crippen LogP contribution in [-0.4, -0.2) is 0 Å². The van der Waals surface area contributed by atoms with Gasteiger partial charge in [0.25, 0.3) is 0 Å². The maximum Gasteiger partial charge on any atom is 0.145 e. The summed E-state index contributed by atoms with van der Waals surface area (Å²) in [4.78, 5) is 0. The zero-order valence-corrected chi connectivity index (χ0v) is 10.0. The molecule has 2 nitrogen and oxygen atoms in total. The summed E-state index contributed by atoms with van der Waals surface area (Å²) < 4.78 is 5.66. The lowest BCUT2D eigenvalue weighted by Crippen LogP contribution is -1.90. The average molecular weight is 244 g/mol. The first-order valence-corrected chi connectivity index (χ1v) is 5.51. The standard InChI is InChI=1S/C14H10ClNO/c1-10-4-2-7-14(13(10)9-16)17-12-6-3-5-11(15)8-12/h2-8H,1H3. The Hall–Kier alpha value is -1.98. The van der Waals surface area contributed by atoms with Gasteiger partial charge in [-0.05, 0) is 36.8 Å². The fourth-order valence-corrected chi connectivity index (χ4v) is 1.71. The molecule has 0 aliphatic rings. The maximum atomic E-state index is 9.08. The number of benzene rings is 2. The van der Waals surface area contributed by atoms with Crippen molar-refractivity contribution in [3.05, 3.63) is 58.6 Å². The van der Waals surface area contributed by atoms with Crippen LogP contribution in [0.4, 0.5) is 0 Å². The zero-order valence-electron chi connectivity index (χ0n) is 9.27. The van der Waals surface area contributed by atoms with Crippen molar-refractivity contribution < 1.29 is 4.74 Å². The highest BCUT2D eigenvalue weighted by atomic mass is 35.5. The van der Waals surface area contributed by atoms with Gasteiger partial charge >= 0.3 is 0 Å². The van der Waals surface area contributed by atoms with Gasteiger partial charge in [0.2, 0.25) is 0 Å².